The van der Waals surface area contributed by atoms with E-state index >= 15 is 0 Å². The molecule has 20 heavy (non-hydrogen) atoms. The second kappa shape index (κ2) is 6.19. The number of nitrogens with one attached hydrogen (secondary N) is 2. The third-order valence-electron chi connectivity index (χ3n) is 3.44. The molecule has 1 amide bonds. The summed E-state index contributed by atoms with van der Waals surface area (Å²) in [6.45, 7) is 3.52. The summed E-state index contributed by atoms with van der Waals surface area (Å²) in [5.74, 6) is -0.108. The van der Waals surface area contributed by atoms with Crippen LogP contribution in [0.4, 0.5) is 0 Å². The number of hydrogen-bond acceptors (Lipinski definition) is 5. The summed E-state index contributed by atoms with van der Waals surface area (Å²) in [5.41, 5.74) is 1.75. The van der Waals surface area contributed by atoms with Crippen LogP contribution in [-0.4, -0.2) is 35.2 Å². The molecule has 1 saturated heterocycles. The molecule has 3 rings (SSSR count). The lowest BCUT2D eigenvalue weighted by molar-refractivity contribution is 0.0950. The van der Waals surface area contributed by atoms with Crippen LogP contribution in [0, 0.1) is 6.92 Å². The van der Waals surface area contributed by atoms with Gasteiger partial charge in [-0.1, -0.05) is 5.16 Å². The van der Waals surface area contributed by atoms with Crippen LogP contribution in [0.15, 0.2) is 16.8 Å². The second-order valence-corrected chi connectivity index (χ2v) is 4.85. The molecule has 0 saturated carbocycles. The summed E-state index contributed by atoms with van der Waals surface area (Å²) in [7, 11) is 0. The molecule has 7 heteroatoms. The van der Waals surface area contributed by atoms with E-state index in [1.54, 1.807) is 6.07 Å². The minimum Gasteiger partial charge on any atom is -0.350 e. The Hall–Kier alpha value is -1.66. The van der Waals surface area contributed by atoms with Crippen molar-refractivity contribution in [1.29, 1.82) is 0 Å². The SMILES string of the molecule is Cc1noc2ncc(C(=O)NCC3CCCN3)cc12.Cl. The molecule has 0 radical (unpaired) electrons. The van der Waals surface area contributed by atoms with E-state index in [0.29, 0.717) is 23.9 Å². The smallest absolute Gasteiger partial charge is 0.257 e. The zero-order valence-corrected chi connectivity index (χ0v) is 12.0. The number of pyridine rings is 1. The van der Waals surface area contributed by atoms with Gasteiger partial charge in [0.2, 0.25) is 0 Å². The average molecular weight is 297 g/mol. The first-order valence-corrected chi connectivity index (χ1v) is 6.47. The Labute approximate surface area is 122 Å². The molecule has 3 heterocycles. The zero-order valence-electron chi connectivity index (χ0n) is 11.2. The normalized spacial score (nSPS) is 17.9. The van der Waals surface area contributed by atoms with E-state index in [4.69, 9.17) is 4.52 Å². The fourth-order valence-corrected chi connectivity index (χ4v) is 2.32. The van der Waals surface area contributed by atoms with Crippen LogP contribution >= 0.6 is 12.4 Å². The number of aromatic nitrogens is 2. The van der Waals surface area contributed by atoms with E-state index in [2.05, 4.69) is 20.8 Å². The van der Waals surface area contributed by atoms with Gasteiger partial charge in [-0.05, 0) is 32.4 Å². The first kappa shape index (κ1) is 14.7. The van der Waals surface area contributed by atoms with E-state index in [9.17, 15) is 4.79 Å². The summed E-state index contributed by atoms with van der Waals surface area (Å²) < 4.78 is 5.02. The number of hydrogen-bond donors (Lipinski definition) is 2. The highest BCUT2D eigenvalue weighted by atomic mass is 35.5. The molecule has 0 aromatic carbocycles. The number of halogens is 1. The lowest BCUT2D eigenvalue weighted by Gasteiger charge is -2.11. The van der Waals surface area contributed by atoms with Gasteiger partial charge in [-0.2, -0.15) is 0 Å². The van der Waals surface area contributed by atoms with Gasteiger partial charge in [0.25, 0.3) is 11.6 Å². The molecule has 2 N–H and O–H groups in total. The van der Waals surface area contributed by atoms with Crippen LogP contribution in [0.25, 0.3) is 11.1 Å². The molecule has 0 bridgehead atoms. The Morgan fingerprint density at radius 2 is 2.45 bits per heavy atom. The van der Waals surface area contributed by atoms with Gasteiger partial charge in [0.05, 0.1) is 16.6 Å². The Morgan fingerprint density at radius 3 is 3.20 bits per heavy atom. The van der Waals surface area contributed by atoms with Crippen LogP contribution in [0.2, 0.25) is 0 Å². The van der Waals surface area contributed by atoms with Gasteiger partial charge in [0, 0.05) is 18.8 Å². The summed E-state index contributed by atoms with van der Waals surface area (Å²) in [6, 6.07) is 2.16. The maximum Gasteiger partial charge on any atom is 0.257 e. The highest BCUT2D eigenvalue weighted by molar-refractivity contribution is 5.96. The first-order chi connectivity index (χ1) is 9.24. The van der Waals surface area contributed by atoms with E-state index in [-0.39, 0.29) is 18.3 Å². The fourth-order valence-electron chi connectivity index (χ4n) is 2.32. The molecule has 1 fully saturated rings. The van der Waals surface area contributed by atoms with Crippen molar-refractivity contribution in [1.82, 2.24) is 20.8 Å². The van der Waals surface area contributed by atoms with Crippen LogP contribution in [-0.2, 0) is 0 Å². The van der Waals surface area contributed by atoms with Crippen molar-refractivity contribution in [3.63, 3.8) is 0 Å². The molecule has 6 nitrogen and oxygen atoms in total. The first-order valence-electron chi connectivity index (χ1n) is 6.47. The van der Waals surface area contributed by atoms with Gasteiger partial charge in [-0.3, -0.25) is 4.79 Å². The summed E-state index contributed by atoms with van der Waals surface area (Å²) >= 11 is 0. The van der Waals surface area contributed by atoms with Crippen molar-refractivity contribution in [2.24, 2.45) is 0 Å². The number of nitrogens with zero attached hydrogens (tertiary/aromatic N) is 2. The standard InChI is InChI=1S/C13H16N4O2.ClH/c1-8-11-5-9(6-16-13(11)19-17-8)12(18)15-7-10-3-2-4-14-10;/h5-6,10,14H,2-4,7H2,1H3,(H,15,18);1H. The molecule has 0 spiro atoms. The van der Waals surface area contributed by atoms with Gasteiger partial charge in [-0.15, -0.1) is 12.4 Å². The summed E-state index contributed by atoms with van der Waals surface area (Å²) in [5, 5.41) is 10.9. The Bertz CT molecular complexity index is 607. The topological polar surface area (TPSA) is 80.0 Å². The Kier molecular flexibility index (Phi) is 4.57. The van der Waals surface area contributed by atoms with Crippen molar-refractivity contribution in [2.75, 3.05) is 13.1 Å². The number of amides is 1. The van der Waals surface area contributed by atoms with Gasteiger partial charge in [0.15, 0.2) is 0 Å². The maximum absolute atomic E-state index is 12.0. The predicted octanol–water partition coefficient (Wildman–Crippen LogP) is 1.43. The average Bonchev–Trinajstić information content (AvgIpc) is 3.06. The van der Waals surface area contributed by atoms with E-state index in [0.717, 1.165) is 24.0 Å². The number of fused-ring (bicyclic) bond motifs is 1. The molecule has 2 aromatic heterocycles. The molecule has 1 atom stereocenters. The van der Waals surface area contributed by atoms with Crippen molar-refractivity contribution in [3.8, 4) is 0 Å². The zero-order chi connectivity index (χ0) is 13.2. The molecule has 0 aliphatic carbocycles. The van der Waals surface area contributed by atoms with Crippen LogP contribution in [0.5, 0.6) is 0 Å². The van der Waals surface area contributed by atoms with Crippen LogP contribution in [0.1, 0.15) is 28.9 Å². The minimum absolute atomic E-state index is 0. The van der Waals surface area contributed by atoms with Gasteiger partial charge >= 0.3 is 0 Å². The third kappa shape index (κ3) is 2.91. The third-order valence-corrected chi connectivity index (χ3v) is 3.44. The molecule has 1 unspecified atom stereocenters. The second-order valence-electron chi connectivity index (χ2n) is 4.85. The molecular weight excluding hydrogens is 280 g/mol. The predicted molar refractivity (Wildman–Crippen MR) is 77.1 cm³/mol. The van der Waals surface area contributed by atoms with E-state index in [1.807, 2.05) is 6.92 Å². The monoisotopic (exact) mass is 296 g/mol. The summed E-state index contributed by atoms with van der Waals surface area (Å²) in [6.07, 6.45) is 3.81. The number of carbonyl (C=O) groups is 1. The lowest BCUT2D eigenvalue weighted by atomic mass is 10.2. The fraction of sp³-hybridized carbons (Fsp3) is 0.462. The molecule has 1 aliphatic rings. The van der Waals surface area contributed by atoms with Gasteiger partial charge in [-0.25, -0.2) is 4.98 Å². The number of aryl methyl sites for hydroxylation is 1. The highest BCUT2D eigenvalue weighted by Gasteiger charge is 2.16. The number of rotatable bonds is 3. The van der Waals surface area contributed by atoms with E-state index in [1.165, 1.54) is 12.6 Å². The van der Waals surface area contributed by atoms with Crippen molar-refractivity contribution in [2.45, 2.75) is 25.8 Å². The minimum atomic E-state index is -0.108. The van der Waals surface area contributed by atoms with E-state index < -0.39 is 0 Å². The van der Waals surface area contributed by atoms with Crippen LogP contribution < -0.4 is 10.6 Å². The molecule has 108 valence electrons. The summed E-state index contributed by atoms with van der Waals surface area (Å²) in [4.78, 5) is 16.1. The van der Waals surface area contributed by atoms with Crippen molar-refractivity contribution < 1.29 is 9.32 Å². The maximum atomic E-state index is 12.0. The highest BCUT2D eigenvalue weighted by Crippen LogP contribution is 2.16. The molecule has 1 aliphatic heterocycles. The Balaban J connectivity index is 0.00000147. The molecular formula is C13H17ClN4O2. The quantitative estimate of drug-likeness (QED) is 0.896. The van der Waals surface area contributed by atoms with Crippen molar-refractivity contribution >= 4 is 29.4 Å². The molecule has 2 aromatic rings. The lowest BCUT2D eigenvalue weighted by Crippen LogP contribution is -2.37. The van der Waals surface area contributed by atoms with Crippen molar-refractivity contribution in [3.05, 3.63) is 23.5 Å². The van der Waals surface area contributed by atoms with Crippen LogP contribution in [0.3, 0.4) is 0 Å². The van der Waals surface area contributed by atoms with Gasteiger partial charge in [0.1, 0.15) is 0 Å². The number of carbonyl (C=O) groups excluding carboxylic acids is 1. The largest absolute Gasteiger partial charge is 0.350 e. The Morgan fingerprint density at radius 1 is 1.60 bits per heavy atom. The van der Waals surface area contributed by atoms with Gasteiger partial charge < -0.3 is 15.2 Å².